The van der Waals surface area contributed by atoms with Crippen LogP contribution < -0.4 is 0 Å². The van der Waals surface area contributed by atoms with Crippen molar-refractivity contribution in [3.8, 4) is 0 Å². The fourth-order valence-electron chi connectivity index (χ4n) is 3.22. The second-order valence-electron chi connectivity index (χ2n) is 5.00. The molecule has 0 spiro atoms. The van der Waals surface area contributed by atoms with Crippen LogP contribution in [-0.2, 0) is 4.79 Å². The molecule has 0 aliphatic heterocycles. The maximum atomic E-state index is 11.3. The van der Waals surface area contributed by atoms with Crippen LogP contribution in [0.1, 0.15) is 51.9 Å². The van der Waals surface area contributed by atoms with Crippen molar-refractivity contribution in [2.75, 3.05) is 0 Å². The molecule has 0 saturated heterocycles. The zero-order chi connectivity index (χ0) is 9.31. The lowest BCUT2D eigenvalue weighted by Crippen LogP contribution is -2.43. The predicted molar refractivity (Wildman–Crippen MR) is 53.5 cm³/mol. The van der Waals surface area contributed by atoms with Crippen LogP contribution in [0.2, 0.25) is 0 Å². The van der Waals surface area contributed by atoms with Crippen molar-refractivity contribution in [2.45, 2.75) is 51.9 Å². The molecule has 0 aromatic heterocycles. The summed E-state index contributed by atoms with van der Waals surface area (Å²) in [7, 11) is 0. The van der Waals surface area contributed by atoms with E-state index in [9.17, 15) is 4.79 Å². The number of hydrogen-bond donors (Lipinski definition) is 0. The van der Waals surface area contributed by atoms with E-state index >= 15 is 0 Å². The minimum absolute atomic E-state index is 0.0938. The van der Waals surface area contributed by atoms with Crippen LogP contribution in [0.3, 0.4) is 0 Å². The smallest absolute Gasteiger partial charge is 0.126 e. The summed E-state index contributed by atoms with van der Waals surface area (Å²) < 4.78 is 0. The van der Waals surface area contributed by atoms with Gasteiger partial charge in [0.25, 0.3) is 0 Å². The van der Waals surface area contributed by atoms with E-state index in [4.69, 9.17) is 0 Å². The molecule has 0 aromatic carbocycles. The van der Waals surface area contributed by atoms with Crippen LogP contribution in [-0.4, -0.2) is 6.29 Å². The van der Waals surface area contributed by atoms with Gasteiger partial charge in [0.05, 0.1) is 0 Å². The maximum Gasteiger partial charge on any atom is 0.126 e. The summed E-state index contributed by atoms with van der Waals surface area (Å²) in [6, 6.07) is 0. The molecule has 1 heteroatoms. The molecular weight excluding hydrogens is 160 g/mol. The van der Waals surface area contributed by atoms with Gasteiger partial charge in [-0.15, -0.1) is 0 Å². The van der Waals surface area contributed by atoms with Gasteiger partial charge in [-0.25, -0.2) is 0 Å². The third-order valence-corrected chi connectivity index (χ3v) is 4.50. The molecular formula is C12H20O. The first kappa shape index (κ1) is 9.23. The summed E-state index contributed by atoms with van der Waals surface area (Å²) in [5.41, 5.74) is 0.0938. The summed E-state index contributed by atoms with van der Waals surface area (Å²) in [5, 5.41) is 0. The summed E-state index contributed by atoms with van der Waals surface area (Å²) in [5.74, 6) is 1.38. The second-order valence-corrected chi connectivity index (χ2v) is 5.00. The molecule has 0 radical (unpaired) electrons. The van der Waals surface area contributed by atoms with E-state index in [2.05, 4.69) is 6.92 Å². The van der Waals surface area contributed by atoms with Crippen molar-refractivity contribution in [3.05, 3.63) is 0 Å². The summed E-state index contributed by atoms with van der Waals surface area (Å²) in [6.07, 6.45) is 10.3. The molecule has 2 unspecified atom stereocenters. The quantitative estimate of drug-likeness (QED) is 0.596. The van der Waals surface area contributed by atoms with Crippen molar-refractivity contribution >= 4 is 6.29 Å². The predicted octanol–water partition coefficient (Wildman–Crippen LogP) is 3.18. The molecule has 0 N–H and O–H groups in total. The number of rotatable bonds is 2. The Morgan fingerprint density at radius 3 is 2.38 bits per heavy atom. The number of aldehydes is 1. The standard InChI is InChI=1S/C12H20O/c1-10-5-2-3-8-12(10,9-13)11-6-4-7-11/h9-11H,2-8H2,1H3. The Hall–Kier alpha value is -0.330. The van der Waals surface area contributed by atoms with Crippen LogP contribution in [0.15, 0.2) is 0 Å². The van der Waals surface area contributed by atoms with Crippen LogP contribution in [0.25, 0.3) is 0 Å². The van der Waals surface area contributed by atoms with E-state index in [1.165, 1.54) is 51.2 Å². The van der Waals surface area contributed by atoms with E-state index in [0.717, 1.165) is 5.92 Å². The van der Waals surface area contributed by atoms with Crippen molar-refractivity contribution in [1.29, 1.82) is 0 Å². The number of hydrogen-bond acceptors (Lipinski definition) is 1. The Kier molecular flexibility index (Phi) is 2.44. The highest BCUT2D eigenvalue weighted by molar-refractivity contribution is 5.61. The fourth-order valence-corrected chi connectivity index (χ4v) is 3.22. The van der Waals surface area contributed by atoms with Gasteiger partial charge in [-0.3, -0.25) is 0 Å². The van der Waals surface area contributed by atoms with E-state index in [1.54, 1.807) is 0 Å². The molecule has 13 heavy (non-hydrogen) atoms. The van der Waals surface area contributed by atoms with Gasteiger partial charge in [-0.1, -0.05) is 26.2 Å². The minimum Gasteiger partial charge on any atom is -0.303 e. The average molecular weight is 180 g/mol. The fraction of sp³-hybridized carbons (Fsp3) is 0.917. The van der Waals surface area contributed by atoms with Gasteiger partial charge in [0.1, 0.15) is 6.29 Å². The van der Waals surface area contributed by atoms with E-state index in [1.807, 2.05) is 0 Å². The van der Waals surface area contributed by atoms with Gasteiger partial charge in [0.2, 0.25) is 0 Å². The Balaban J connectivity index is 2.14. The first-order valence-electron chi connectivity index (χ1n) is 5.76. The monoisotopic (exact) mass is 180 g/mol. The van der Waals surface area contributed by atoms with Gasteiger partial charge in [-0.2, -0.15) is 0 Å². The van der Waals surface area contributed by atoms with Crippen LogP contribution in [0, 0.1) is 17.3 Å². The van der Waals surface area contributed by atoms with Gasteiger partial charge >= 0.3 is 0 Å². The van der Waals surface area contributed by atoms with E-state index < -0.39 is 0 Å². The third kappa shape index (κ3) is 1.33. The van der Waals surface area contributed by atoms with Gasteiger partial charge in [0, 0.05) is 5.41 Å². The highest BCUT2D eigenvalue weighted by Gasteiger charge is 2.46. The van der Waals surface area contributed by atoms with Crippen LogP contribution in [0.5, 0.6) is 0 Å². The Morgan fingerprint density at radius 1 is 1.15 bits per heavy atom. The SMILES string of the molecule is CC1CCCCC1(C=O)C1CCC1. The Labute approximate surface area is 80.9 Å². The Bertz CT molecular complexity index is 191. The van der Waals surface area contributed by atoms with E-state index in [-0.39, 0.29) is 5.41 Å². The van der Waals surface area contributed by atoms with Crippen molar-refractivity contribution < 1.29 is 4.79 Å². The number of carbonyl (C=O) groups is 1. The lowest BCUT2D eigenvalue weighted by Gasteiger charge is -2.48. The van der Waals surface area contributed by atoms with Crippen molar-refractivity contribution in [2.24, 2.45) is 17.3 Å². The zero-order valence-electron chi connectivity index (χ0n) is 8.59. The summed E-state index contributed by atoms with van der Waals surface area (Å²) in [6.45, 7) is 2.28. The minimum atomic E-state index is 0.0938. The van der Waals surface area contributed by atoms with Crippen molar-refractivity contribution in [3.63, 3.8) is 0 Å². The molecule has 2 aliphatic carbocycles. The number of carbonyl (C=O) groups excluding carboxylic acids is 1. The van der Waals surface area contributed by atoms with Gasteiger partial charge < -0.3 is 4.79 Å². The normalized spacial score (nSPS) is 41.2. The highest BCUT2D eigenvalue weighted by atomic mass is 16.1. The average Bonchev–Trinajstić information content (AvgIpc) is 2.06. The molecule has 0 amide bonds. The van der Waals surface area contributed by atoms with Crippen LogP contribution in [0.4, 0.5) is 0 Å². The van der Waals surface area contributed by atoms with Gasteiger partial charge in [0.15, 0.2) is 0 Å². The van der Waals surface area contributed by atoms with Crippen molar-refractivity contribution in [1.82, 2.24) is 0 Å². The first-order chi connectivity index (χ1) is 6.29. The zero-order valence-corrected chi connectivity index (χ0v) is 8.59. The summed E-state index contributed by atoms with van der Waals surface area (Å²) in [4.78, 5) is 11.3. The molecule has 0 aromatic rings. The molecule has 0 heterocycles. The summed E-state index contributed by atoms with van der Waals surface area (Å²) >= 11 is 0. The lowest BCUT2D eigenvalue weighted by molar-refractivity contribution is -0.128. The highest BCUT2D eigenvalue weighted by Crippen LogP contribution is 2.52. The lowest BCUT2D eigenvalue weighted by atomic mass is 9.55. The molecule has 2 fully saturated rings. The maximum absolute atomic E-state index is 11.3. The largest absolute Gasteiger partial charge is 0.303 e. The third-order valence-electron chi connectivity index (χ3n) is 4.50. The topological polar surface area (TPSA) is 17.1 Å². The molecule has 1 nitrogen and oxygen atoms in total. The van der Waals surface area contributed by atoms with Crippen LogP contribution >= 0.6 is 0 Å². The molecule has 2 aliphatic rings. The molecule has 74 valence electrons. The first-order valence-corrected chi connectivity index (χ1v) is 5.76. The molecule has 2 rings (SSSR count). The Morgan fingerprint density at radius 2 is 1.92 bits per heavy atom. The molecule has 0 bridgehead atoms. The van der Waals surface area contributed by atoms with Gasteiger partial charge in [-0.05, 0) is 37.5 Å². The van der Waals surface area contributed by atoms with E-state index in [0.29, 0.717) is 5.92 Å². The molecule has 2 saturated carbocycles. The molecule has 2 atom stereocenters. The second kappa shape index (κ2) is 3.43.